The van der Waals surface area contributed by atoms with Crippen LogP contribution in [-0.4, -0.2) is 36.1 Å². The van der Waals surface area contributed by atoms with Crippen molar-refractivity contribution in [2.75, 3.05) is 25.5 Å². The van der Waals surface area contributed by atoms with Gasteiger partial charge in [-0.3, -0.25) is 0 Å². The third kappa shape index (κ3) is 5.00. The Bertz CT molecular complexity index is 377. The lowest BCUT2D eigenvalue weighted by Crippen LogP contribution is -2.34. The van der Waals surface area contributed by atoms with Gasteiger partial charge in [-0.1, -0.05) is 36.9 Å². The van der Waals surface area contributed by atoms with Gasteiger partial charge in [0, 0.05) is 12.6 Å². The van der Waals surface area contributed by atoms with E-state index >= 15 is 0 Å². The number of rotatable bonds is 6. The highest BCUT2D eigenvalue weighted by atomic mass is 35.5. The summed E-state index contributed by atoms with van der Waals surface area (Å²) in [4.78, 5) is 6.74. The number of hydrogen-bond donors (Lipinski definition) is 1. The third-order valence-electron chi connectivity index (χ3n) is 3.91. The maximum atomic E-state index is 5.85. The monoisotopic (exact) mass is 281 g/mol. The summed E-state index contributed by atoms with van der Waals surface area (Å²) in [6.45, 7) is 2.10. The Kier molecular flexibility index (Phi) is 5.93. The molecule has 3 nitrogen and oxygen atoms in total. The van der Waals surface area contributed by atoms with Crippen LogP contribution in [0.3, 0.4) is 0 Å². The van der Waals surface area contributed by atoms with Crippen molar-refractivity contribution in [1.29, 1.82) is 0 Å². The fraction of sp³-hybridized carbons (Fsp3) is 0.667. The minimum absolute atomic E-state index is 0.546. The Labute approximate surface area is 121 Å². The summed E-state index contributed by atoms with van der Waals surface area (Å²) in [5.41, 5.74) is 0. The Hall–Kier alpha value is -0.800. The lowest BCUT2D eigenvalue weighted by Gasteiger charge is -2.31. The Morgan fingerprint density at radius 3 is 2.84 bits per heavy atom. The van der Waals surface area contributed by atoms with Crippen LogP contribution >= 0.6 is 11.6 Å². The summed E-state index contributed by atoms with van der Waals surface area (Å²) in [5.74, 6) is 0.868. The van der Waals surface area contributed by atoms with Gasteiger partial charge in [0.15, 0.2) is 0 Å². The van der Waals surface area contributed by atoms with Gasteiger partial charge >= 0.3 is 0 Å². The van der Waals surface area contributed by atoms with Crippen LogP contribution in [0.2, 0.25) is 5.15 Å². The van der Waals surface area contributed by atoms with E-state index in [9.17, 15) is 0 Å². The van der Waals surface area contributed by atoms with Gasteiger partial charge in [-0.25, -0.2) is 4.98 Å². The number of halogens is 1. The smallest absolute Gasteiger partial charge is 0.131 e. The molecule has 0 aliphatic heterocycles. The van der Waals surface area contributed by atoms with Crippen molar-refractivity contribution in [2.45, 2.75) is 44.6 Å². The standard InChI is InChI=1S/C15H24ClN3/c1-19(13-7-3-2-4-8-13)12-6-11-17-15-10-5-9-14(16)18-15/h5,9-10,13H,2-4,6-8,11-12H2,1H3,(H,17,18). The molecule has 19 heavy (non-hydrogen) atoms. The third-order valence-corrected chi connectivity index (χ3v) is 4.12. The molecule has 0 aromatic carbocycles. The molecule has 0 saturated heterocycles. The van der Waals surface area contributed by atoms with Gasteiger partial charge in [0.05, 0.1) is 0 Å². The number of nitrogens with one attached hydrogen (secondary N) is 1. The summed E-state index contributed by atoms with van der Waals surface area (Å²) in [6.07, 6.45) is 8.12. The predicted molar refractivity (Wildman–Crippen MR) is 81.9 cm³/mol. The van der Waals surface area contributed by atoms with E-state index in [0.717, 1.165) is 31.4 Å². The number of nitrogens with zero attached hydrogens (tertiary/aromatic N) is 2. The Balaban J connectivity index is 1.63. The summed E-state index contributed by atoms with van der Waals surface area (Å²) >= 11 is 5.85. The van der Waals surface area contributed by atoms with Gasteiger partial charge in [-0.05, 0) is 45.0 Å². The van der Waals surface area contributed by atoms with Crippen LogP contribution in [0.15, 0.2) is 18.2 Å². The zero-order valence-corrected chi connectivity index (χ0v) is 12.5. The molecule has 1 aliphatic rings. The summed E-state index contributed by atoms with van der Waals surface area (Å²) in [7, 11) is 2.26. The van der Waals surface area contributed by atoms with Crippen molar-refractivity contribution in [1.82, 2.24) is 9.88 Å². The van der Waals surface area contributed by atoms with Crippen LogP contribution in [0, 0.1) is 0 Å². The van der Waals surface area contributed by atoms with Gasteiger partial charge in [0.2, 0.25) is 0 Å². The second-order valence-corrected chi connectivity index (χ2v) is 5.79. The topological polar surface area (TPSA) is 28.2 Å². The first-order valence-electron chi connectivity index (χ1n) is 7.32. The molecule has 0 radical (unpaired) electrons. The molecule has 2 rings (SSSR count). The highest BCUT2D eigenvalue weighted by Gasteiger charge is 2.17. The summed E-state index contributed by atoms with van der Waals surface area (Å²) in [6, 6.07) is 6.48. The second-order valence-electron chi connectivity index (χ2n) is 5.40. The number of anilines is 1. The van der Waals surface area contributed by atoms with Crippen LogP contribution in [-0.2, 0) is 0 Å². The van der Waals surface area contributed by atoms with E-state index in [4.69, 9.17) is 11.6 Å². The molecule has 4 heteroatoms. The van der Waals surface area contributed by atoms with Crippen molar-refractivity contribution in [3.63, 3.8) is 0 Å². The van der Waals surface area contributed by atoms with Crippen LogP contribution in [0.1, 0.15) is 38.5 Å². The van der Waals surface area contributed by atoms with Crippen LogP contribution < -0.4 is 5.32 Å². The number of hydrogen-bond acceptors (Lipinski definition) is 3. The fourth-order valence-corrected chi connectivity index (χ4v) is 2.92. The van der Waals surface area contributed by atoms with Gasteiger partial charge in [-0.2, -0.15) is 0 Å². The summed E-state index contributed by atoms with van der Waals surface area (Å²) < 4.78 is 0. The maximum absolute atomic E-state index is 5.85. The minimum Gasteiger partial charge on any atom is -0.370 e. The number of aromatic nitrogens is 1. The maximum Gasteiger partial charge on any atom is 0.131 e. The van der Waals surface area contributed by atoms with E-state index < -0.39 is 0 Å². The molecule has 1 saturated carbocycles. The van der Waals surface area contributed by atoms with Crippen LogP contribution in [0.4, 0.5) is 5.82 Å². The Morgan fingerprint density at radius 2 is 2.11 bits per heavy atom. The average Bonchev–Trinajstić information content (AvgIpc) is 2.44. The molecular weight excluding hydrogens is 258 g/mol. The predicted octanol–water partition coefficient (Wildman–Crippen LogP) is 3.80. The SMILES string of the molecule is CN(CCCNc1cccc(Cl)n1)C1CCCCC1. The van der Waals surface area contributed by atoms with Crippen molar-refractivity contribution in [2.24, 2.45) is 0 Å². The molecule has 0 spiro atoms. The number of pyridine rings is 1. The molecule has 1 aliphatic carbocycles. The molecule has 1 aromatic heterocycles. The minimum atomic E-state index is 0.546. The van der Waals surface area contributed by atoms with Crippen LogP contribution in [0.25, 0.3) is 0 Å². The van der Waals surface area contributed by atoms with Gasteiger partial charge < -0.3 is 10.2 Å². The van der Waals surface area contributed by atoms with Crippen molar-refractivity contribution < 1.29 is 0 Å². The van der Waals surface area contributed by atoms with Crippen molar-refractivity contribution >= 4 is 17.4 Å². The lowest BCUT2D eigenvalue weighted by molar-refractivity contribution is 0.191. The van der Waals surface area contributed by atoms with E-state index in [1.165, 1.54) is 32.1 Å². The van der Waals surface area contributed by atoms with Gasteiger partial charge in [-0.15, -0.1) is 0 Å². The normalized spacial score (nSPS) is 16.8. The van der Waals surface area contributed by atoms with E-state index in [1.807, 2.05) is 12.1 Å². The van der Waals surface area contributed by atoms with Crippen molar-refractivity contribution in [3.05, 3.63) is 23.4 Å². The van der Waals surface area contributed by atoms with E-state index in [1.54, 1.807) is 6.07 Å². The van der Waals surface area contributed by atoms with Gasteiger partial charge in [0.1, 0.15) is 11.0 Å². The van der Waals surface area contributed by atoms with Gasteiger partial charge in [0.25, 0.3) is 0 Å². The molecule has 0 amide bonds. The zero-order chi connectivity index (χ0) is 13.5. The van der Waals surface area contributed by atoms with Crippen molar-refractivity contribution in [3.8, 4) is 0 Å². The molecule has 1 aromatic rings. The van der Waals surface area contributed by atoms with E-state index in [2.05, 4.69) is 22.2 Å². The molecule has 0 atom stereocenters. The first kappa shape index (κ1) is 14.6. The molecular formula is C15H24ClN3. The Morgan fingerprint density at radius 1 is 1.32 bits per heavy atom. The lowest BCUT2D eigenvalue weighted by atomic mass is 9.94. The highest BCUT2D eigenvalue weighted by molar-refractivity contribution is 6.29. The molecule has 1 N–H and O–H groups in total. The first-order valence-corrected chi connectivity index (χ1v) is 7.70. The average molecular weight is 282 g/mol. The highest BCUT2D eigenvalue weighted by Crippen LogP contribution is 2.21. The van der Waals surface area contributed by atoms with Crippen LogP contribution in [0.5, 0.6) is 0 Å². The molecule has 106 valence electrons. The first-order chi connectivity index (χ1) is 9.25. The zero-order valence-electron chi connectivity index (χ0n) is 11.7. The quantitative estimate of drug-likeness (QED) is 0.635. The molecule has 1 heterocycles. The fourth-order valence-electron chi connectivity index (χ4n) is 2.76. The summed E-state index contributed by atoms with van der Waals surface area (Å²) in [5, 5.41) is 3.87. The van der Waals surface area contributed by atoms with E-state index in [-0.39, 0.29) is 0 Å². The largest absolute Gasteiger partial charge is 0.370 e. The molecule has 0 unspecified atom stereocenters. The molecule has 0 bridgehead atoms. The van der Waals surface area contributed by atoms with E-state index in [0.29, 0.717) is 5.15 Å². The second kappa shape index (κ2) is 7.71. The molecule has 1 fully saturated rings.